The zero-order valence-corrected chi connectivity index (χ0v) is 12.9. The van der Waals surface area contributed by atoms with Gasteiger partial charge in [-0.05, 0) is 45.4 Å². The monoisotopic (exact) mass is 278 g/mol. The molecule has 0 spiro atoms. The van der Waals surface area contributed by atoms with Gasteiger partial charge in [0.15, 0.2) is 5.58 Å². The van der Waals surface area contributed by atoms with Crippen molar-refractivity contribution in [3.05, 3.63) is 24.3 Å². The minimum absolute atomic E-state index is 0.177. The number of benzene rings is 1. The molecular weight excluding hydrogens is 256 g/mol. The van der Waals surface area contributed by atoms with Crippen LogP contribution in [-0.2, 0) is 0 Å². The molecule has 1 aromatic heterocycles. The van der Waals surface area contributed by atoms with Crippen molar-refractivity contribution in [3.8, 4) is 0 Å². The molecule has 1 N–H and O–H groups in total. The van der Waals surface area contributed by atoms with Crippen LogP contribution >= 0.6 is 11.8 Å². The number of aromatic nitrogens is 1. The number of hydrogen-bond acceptors (Lipinski definition) is 4. The summed E-state index contributed by atoms with van der Waals surface area (Å²) in [5, 5.41) is 4.29. The molecule has 0 aliphatic carbocycles. The molecule has 0 saturated heterocycles. The number of oxazole rings is 1. The highest BCUT2D eigenvalue weighted by Crippen LogP contribution is 2.24. The predicted octanol–water partition coefficient (Wildman–Crippen LogP) is 3.94. The van der Waals surface area contributed by atoms with Gasteiger partial charge >= 0.3 is 0 Å². The molecule has 1 atom stereocenters. The van der Waals surface area contributed by atoms with E-state index < -0.39 is 0 Å². The van der Waals surface area contributed by atoms with E-state index in [2.05, 4.69) is 38.0 Å². The SMILES string of the molecule is CC(CNC(C)(C)C)CSc1nc2ccccc2o1. The van der Waals surface area contributed by atoms with E-state index in [-0.39, 0.29) is 5.54 Å². The molecular formula is C15H22N2OS. The van der Waals surface area contributed by atoms with E-state index in [1.165, 1.54) is 0 Å². The van der Waals surface area contributed by atoms with Gasteiger partial charge in [-0.3, -0.25) is 0 Å². The van der Waals surface area contributed by atoms with Crippen molar-refractivity contribution in [1.82, 2.24) is 10.3 Å². The Bertz CT molecular complexity index is 497. The summed E-state index contributed by atoms with van der Waals surface area (Å²) in [5.41, 5.74) is 1.98. The van der Waals surface area contributed by atoms with Crippen LogP contribution in [-0.4, -0.2) is 22.8 Å². The number of hydrogen-bond donors (Lipinski definition) is 1. The molecule has 3 nitrogen and oxygen atoms in total. The maximum Gasteiger partial charge on any atom is 0.256 e. The molecule has 0 bridgehead atoms. The van der Waals surface area contributed by atoms with Gasteiger partial charge in [-0.2, -0.15) is 0 Å². The Balaban J connectivity index is 1.84. The first-order chi connectivity index (χ1) is 8.94. The highest BCUT2D eigenvalue weighted by molar-refractivity contribution is 7.99. The quantitative estimate of drug-likeness (QED) is 0.841. The van der Waals surface area contributed by atoms with Crippen LogP contribution in [0.1, 0.15) is 27.7 Å². The fourth-order valence-electron chi connectivity index (χ4n) is 1.67. The Morgan fingerprint density at radius 1 is 1.32 bits per heavy atom. The molecule has 1 unspecified atom stereocenters. The third-order valence-corrected chi connectivity index (χ3v) is 3.90. The Morgan fingerprint density at radius 3 is 2.74 bits per heavy atom. The summed E-state index contributed by atoms with van der Waals surface area (Å²) >= 11 is 1.69. The fourth-order valence-corrected chi connectivity index (χ4v) is 2.52. The smallest absolute Gasteiger partial charge is 0.256 e. The molecule has 1 heterocycles. The number of para-hydroxylation sites is 2. The van der Waals surface area contributed by atoms with Gasteiger partial charge in [0.05, 0.1) is 0 Å². The maximum absolute atomic E-state index is 5.70. The highest BCUT2D eigenvalue weighted by Gasteiger charge is 2.12. The van der Waals surface area contributed by atoms with E-state index in [0.717, 1.165) is 28.6 Å². The van der Waals surface area contributed by atoms with Gasteiger partial charge in [0.2, 0.25) is 0 Å². The third kappa shape index (κ3) is 4.55. The van der Waals surface area contributed by atoms with E-state index in [1.54, 1.807) is 11.8 Å². The number of fused-ring (bicyclic) bond motifs is 1. The lowest BCUT2D eigenvalue weighted by Gasteiger charge is -2.23. The van der Waals surface area contributed by atoms with Crippen LogP contribution in [0.5, 0.6) is 0 Å². The minimum atomic E-state index is 0.177. The van der Waals surface area contributed by atoms with Gasteiger partial charge in [0.25, 0.3) is 5.22 Å². The third-order valence-electron chi connectivity index (χ3n) is 2.75. The molecule has 19 heavy (non-hydrogen) atoms. The van der Waals surface area contributed by atoms with Crippen LogP contribution in [0.3, 0.4) is 0 Å². The molecule has 0 aliphatic heterocycles. The van der Waals surface area contributed by atoms with E-state index >= 15 is 0 Å². The summed E-state index contributed by atoms with van der Waals surface area (Å²) in [6.07, 6.45) is 0. The molecule has 0 saturated carbocycles. The lowest BCUT2D eigenvalue weighted by molar-refractivity contribution is 0.395. The van der Waals surface area contributed by atoms with Crippen molar-refractivity contribution in [2.24, 2.45) is 5.92 Å². The summed E-state index contributed by atoms with van der Waals surface area (Å²) in [6, 6.07) is 7.89. The van der Waals surface area contributed by atoms with Crippen molar-refractivity contribution in [2.45, 2.75) is 38.5 Å². The molecule has 2 aromatic rings. The summed E-state index contributed by atoms with van der Waals surface area (Å²) in [7, 11) is 0. The second-order valence-electron chi connectivity index (χ2n) is 5.99. The summed E-state index contributed by atoms with van der Waals surface area (Å²) in [5.74, 6) is 1.59. The number of nitrogens with one attached hydrogen (secondary N) is 1. The highest BCUT2D eigenvalue weighted by atomic mass is 32.2. The first kappa shape index (κ1) is 14.4. The van der Waals surface area contributed by atoms with Crippen LogP contribution < -0.4 is 5.32 Å². The first-order valence-electron chi connectivity index (χ1n) is 6.67. The molecule has 0 aliphatic rings. The van der Waals surface area contributed by atoms with Gasteiger partial charge < -0.3 is 9.73 Å². The molecule has 1 aromatic carbocycles. The summed E-state index contributed by atoms with van der Waals surface area (Å²) in [4.78, 5) is 4.47. The Kier molecular flexibility index (Phi) is 4.53. The van der Waals surface area contributed by atoms with Crippen LogP contribution in [0.4, 0.5) is 0 Å². The summed E-state index contributed by atoms with van der Waals surface area (Å²) in [6.45, 7) is 9.82. The lowest BCUT2D eigenvalue weighted by atomic mass is 10.1. The van der Waals surface area contributed by atoms with Crippen molar-refractivity contribution in [1.29, 1.82) is 0 Å². The molecule has 4 heteroatoms. The van der Waals surface area contributed by atoms with Crippen molar-refractivity contribution in [3.63, 3.8) is 0 Å². The second-order valence-corrected chi connectivity index (χ2v) is 6.97. The van der Waals surface area contributed by atoms with E-state index in [0.29, 0.717) is 5.92 Å². The van der Waals surface area contributed by atoms with Gasteiger partial charge in [0, 0.05) is 11.3 Å². The van der Waals surface area contributed by atoms with Gasteiger partial charge in [0.1, 0.15) is 5.52 Å². The zero-order valence-electron chi connectivity index (χ0n) is 12.1. The van der Waals surface area contributed by atoms with Crippen LogP contribution in [0.2, 0.25) is 0 Å². The average molecular weight is 278 g/mol. The molecule has 0 radical (unpaired) electrons. The topological polar surface area (TPSA) is 38.1 Å². The van der Waals surface area contributed by atoms with E-state index in [1.807, 2.05) is 24.3 Å². The van der Waals surface area contributed by atoms with Crippen molar-refractivity contribution >= 4 is 22.9 Å². The largest absolute Gasteiger partial charge is 0.431 e. The standard InChI is InChI=1S/C15H22N2OS/c1-11(9-16-15(2,3)4)10-19-14-17-12-7-5-6-8-13(12)18-14/h5-8,11,16H,9-10H2,1-4H3. The number of rotatable bonds is 5. The van der Waals surface area contributed by atoms with E-state index in [9.17, 15) is 0 Å². The molecule has 104 valence electrons. The molecule has 0 fully saturated rings. The first-order valence-corrected chi connectivity index (χ1v) is 7.66. The lowest BCUT2D eigenvalue weighted by Crippen LogP contribution is -2.39. The van der Waals surface area contributed by atoms with E-state index in [4.69, 9.17) is 4.42 Å². The van der Waals surface area contributed by atoms with Crippen LogP contribution in [0, 0.1) is 5.92 Å². The van der Waals surface area contributed by atoms with Crippen LogP contribution in [0.25, 0.3) is 11.1 Å². The molecule has 2 rings (SSSR count). The Morgan fingerprint density at radius 2 is 2.05 bits per heavy atom. The fraction of sp³-hybridized carbons (Fsp3) is 0.533. The Labute approximate surface area is 119 Å². The van der Waals surface area contributed by atoms with Crippen molar-refractivity contribution < 1.29 is 4.42 Å². The van der Waals surface area contributed by atoms with Gasteiger partial charge in [-0.25, -0.2) is 4.98 Å². The van der Waals surface area contributed by atoms with Gasteiger partial charge in [-0.15, -0.1) is 0 Å². The zero-order chi connectivity index (χ0) is 13.9. The van der Waals surface area contributed by atoms with Crippen LogP contribution in [0.15, 0.2) is 33.9 Å². The molecule has 0 amide bonds. The van der Waals surface area contributed by atoms with Gasteiger partial charge in [-0.1, -0.05) is 30.8 Å². The maximum atomic E-state index is 5.70. The minimum Gasteiger partial charge on any atom is -0.431 e. The normalized spacial score (nSPS) is 13.9. The number of thioether (sulfide) groups is 1. The Hall–Kier alpha value is -1.00. The predicted molar refractivity (Wildman–Crippen MR) is 81.7 cm³/mol. The van der Waals surface area contributed by atoms with Crippen molar-refractivity contribution in [2.75, 3.05) is 12.3 Å². The second kappa shape index (κ2) is 5.97. The number of nitrogens with zero attached hydrogens (tertiary/aromatic N) is 1. The summed E-state index contributed by atoms with van der Waals surface area (Å²) < 4.78 is 5.70. The average Bonchev–Trinajstić information content (AvgIpc) is 2.75.